The average Bonchev–Trinajstić information content (AvgIpc) is 2.84. The van der Waals surface area contributed by atoms with Crippen LogP contribution >= 0.6 is 0 Å². The fourth-order valence-corrected chi connectivity index (χ4v) is 2.26. The maximum absolute atomic E-state index is 12.1. The normalized spacial score (nSPS) is 12.0. The van der Waals surface area contributed by atoms with Crippen LogP contribution in [0.2, 0.25) is 0 Å². The van der Waals surface area contributed by atoms with Crippen LogP contribution in [0.25, 0.3) is 0 Å². The van der Waals surface area contributed by atoms with E-state index in [1.54, 1.807) is 10.9 Å². The Balaban J connectivity index is 1.89. The highest BCUT2D eigenvalue weighted by Gasteiger charge is 2.11. The van der Waals surface area contributed by atoms with Gasteiger partial charge >= 0.3 is 0 Å². The van der Waals surface area contributed by atoms with Gasteiger partial charge in [0, 0.05) is 31.4 Å². The summed E-state index contributed by atoms with van der Waals surface area (Å²) in [5.41, 5.74) is 2.98. The lowest BCUT2D eigenvalue weighted by molar-refractivity contribution is -0.116. The highest BCUT2D eigenvalue weighted by molar-refractivity contribution is 5.92. The molecule has 0 unspecified atom stereocenters. The largest absolute Gasteiger partial charge is 0.380 e. The van der Waals surface area contributed by atoms with Crippen LogP contribution in [-0.4, -0.2) is 21.7 Å². The molecule has 0 fully saturated rings. The quantitative estimate of drug-likeness (QED) is 0.858. The van der Waals surface area contributed by atoms with Gasteiger partial charge in [0.1, 0.15) is 0 Å². The zero-order valence-corrected chi connectivity index (χ0v) is 12.8. The van der Waals surface area contributed by atoms with E-state index in [-0.39, 0.29) is 11.9 Å². The first-order chi connectivity index (χ1) is 10.1. The first-order valence-electron chi connectivity index (χ1n) is 7.21. The lowest BCUT2D eigenvalue weighted by atomic mass is 10.1. The molecule has 0 spiro atoms. The van der Waals surface area contributed by atoms with Crippen molar-refractivity contribution in [2.45, 2.75) is 32.7 Å². The van der Waals surface area contributed by atoms with Crippen molar-refractivity contribution in [1.82, 2.24) is 9.78 Å². The molecule has 2 rings (SSSR count). The zero-order valence-electron chi connectivity index (χ0n) is 12.8. The molecule has 1 aromatic heterocycles. The predicted molar refractivity (Wildman–Crippen MR) is 85.4 cm³/mol. The Hall–Kier alpha value is -2.30. The summed E-state index contributed by atoms with van der Waals surface area (Å²) < 4.78 is 1.73. The number of carbonyl (C=O) groups excluding carboxylic acids is 1. The Morgan fingerprint density at radius 3 is 2.81 bits per heavy atom. The SMILES string of the molecule is CCc1ccccc1NC(=O)C[C@@H](C)Nc1cnn(C)c1. The standard InChI is InChI=1S/C16H22N4O/c1-4-13-7-5-6-8-15(13)19-16(21)9-12(2)18-14-10-17-20(3)11-14/h5-8,10-12,18H,4,9H2,1-3H3,(H,19,21)/t12-/m1/s1. The lowest BCUT2D eigenvalue weighted by Gasteiger charge is -2.14. The van der Waals surface area contributed by atoms with Gasteiger partial charge in [-0.2, -0.15) is 5.10 Å². The van der Waals surface area contributed by atoms with E-state index < -0.39 is 0 Å². The lowest BCUT2D eigenvalue weighted by Crippen LogP contribution is -2.24. The monoisotopic (exact) mass is 286 g/mol. The third-order valence-electron chi connectivity index (χ3n) is 3.28. The van der Waals surface area contributed by atoms with Gasteiger partial charge in [-0.25, -0.2) is 0 Å². The summed E-state index contributed by atoms with van der Waals surface area (Å²) in [6.45, 7) is 4.07. The van der Waals surface area contributed by atoms with Crippen molar-refractivity contribution in [1.29, 1.82) is 0 Å². The molecule has 0 aliphatic rings. The number of carbonyl (C=O) groups is 1. The number of aryl methyl sites for hydroxylation is 2. The van der Waals surface area contributed by atoms with Crippen molar-refractivity contribution in [3.05, 3.63) is 42.2 Å². The number of anilines is 2. The molecule has 5 heteroatoms. The van der Waals surface area contributed by atoms with Crippen LogP contribution < -0.4 is 10.6 Å². The third-order valence-corrected chi connectivity index (χ3v) is 3.28. The molecule has 1 atom stereocenters. The maximum Gasteiger partial charge on any atom is 0.226 e. The molecule has 0 aliphatic heterocycles. The van der Waals surface area contributed by atoms with Crippen molar-refractivity contribution in [2.75, 3.05) is 10.6 Å². The van der Waals surface area contributed by atoms with Crippen LogP contribution in [0.3, 0.4) is 0 Å². The number of hydrogen-bond acceptors (Lipinski definition) is 3. The number of hydrogen-bond donors (Lipinski definition) is 2. The number of rotatable bonds is 6. The van der Waals surface area contributed by atoms with Crippen LogP contribution in [0.5, 0.6) is 0 Å². The van der Waals surface area contributed by atoms with E-state index >= 15 is 0 Å². The van der Waals surface area contributed by atoms with Gasteiger partial charge < -0.3 is 10.6 Å². The zero-order chi connectivity index (χ0) is 15.2. The van der Waals surface area contributed by atoms with Crippen molar-refractivity contribution < 1.29 is 4.79 Å². The molecule has 0 radical (unpaired) electrons. The second-order valence-electron chi connectivity index (χ2n) is 5.21. The Morgan fingerprint density at radius 2 is 2.14 bits per heavy atom. The van der Waals surface area contributed by atoms with Crippen LogP contribution in [0.15, 0.2) is 36.7 Å². The van der Waals surface area contributed by atoms with Gasteiger partial charge in [0.15, 0.2) is 0 Å². The molecule has 0 saturated carbocycles. The maximum atomic E-state index is 12.1. The van der Waals surface area contributed by atoms with E-state index in [1.807, 2.05) is 44.4 Å². The Labute approximate surface area is 125 Å². The number of aromatic nitrogens is 2. The summed E-state index contributed by atoms with van der Waals surface area (Å²) in [7, 11) is 1.87. The molecule has 1 amide bonds. The molecule has 21 heavy (non-hydrogen) atoms. The van der Waals surface area contributed by atoms with Crippen LogP contribution in [-0.2, 0) is 18.3 Å². The molecule has 112 valence electrons. The van der Waals surface area contributed by atoms with Gasteiger partial charge in [-0.3, -0.25) is 9.48 Å². The number of nitrogens with one attached hydrogen (secondary N) is 2. The summed E-state index contributed by atoms with van der Waals surface area (Å²) in [5.74, 6) is 0.0137. The summed E-state index contributed by atoms with van der Waals surface area (Å²) in [5, 5.41) is 10.3. The molecule has 0 bridgehead atoms. The number of amides is 1. The second kappa shape index (κ2) is 6.92. The topological polar surface area (TPSA) is 59.0 Å². The molecule has 5 nitrogen and oxygen atoms in total. The van der Waals surface area contributed by atoms with E-state index in [2.05, 4.69) is 22.7 Å². The average molecular weight is 286 g/mol. The highest BCUT2D eigenvalue weighted by Crippen LogP contribution is 2.16. The molecule has 2 N–H and O–H groups in total. The minimum atomic E-state index is 0.0137. The minimum absolute atomic E-state index is 0.0137. The van der Waals surface area contributed by atoms with Crippen molar-refractivity contribution in [2.24, 2.45) is 7.05 Å². The van der Waals surface area contributed by atoms with E-state index in [9.17, 15) is 4.79 Å². The minimum Gasteiger partial charge on any atom is -0.380 e. The van der Waals surface area contributed by atoms with Gasteiger partial charge in [-0.1, -0.05) is 25.1 Å². The van der Waals surface area contributed by atoms with Crippen molar-refractivity contribution >= 4 is 17.3 Å². The molecule has 2 aromatic rings. The van der Waals surface area contributed by atoms with E-state index in [1.165, 1.54) is 0 Å². The summed E-state index contributed by atoms with van der Waals surface area (Å²) in [4.78, 5) is 12.1. The van der Waals surface area contributed by atoms with Crippen LogP contribution in [0.1, 0.15) is 25.8 Å². The molecular weight excluding hydrogens is 264 g/mol. The Bertz CT molecular complexity index is 606. The second-order valence-corrected chi connectivity index (χ2v) is 5.21. The van der Waals surface area contributed by atoms with Crippen LogP contribution in [0, 0.1) is 0 Å². The van der Waals surface area contributed by atoms with E-state index in [0.29, 0.717) is 6.42 Å². The Kier molecular flexibility index (Phi) is 4.98. The first kappa shape index (κ1) is 15.1. The van der Waals surface area contributed by atoms with Crippen LogP contribution in [0.4, 0.5) is 11.4 Å². The summed E-state index contributed by atoms with van der Waals surface area (Å²) >= 11 is 0. The van der Waals surface area contributed by atoms with Gasteiger partial charge in [-0.05, 0) is 25.0 Å². The summed E-state index contributed by atoms with van der Waals surface area (Å²) in [6.07, 6.45) is 4.95. The fraction of sp³-hybridized carbons (Fsp3) is 0.375. The van der Waals surface area contributed by atoms with Crippen molar-refractivity contribution in [3.8, 4) is 0 Å². The predicted octanol–water partition coefficient (Wildman–Crippen LogP) is 2.81. The van der Waals surface area contributed by atoms with Gasteiger partial charge in [0.2, 0.25) is 5.91 Å². The van der Waals surface area contributed by atoms with Gasteiger partial charge in [0.05, 0.1) is 11.9 Å². The highest BCUT2D eigenvalue weighted by atomic mass is 16.1. The summed E-state index contributed by atoms with van der Waals surface area (Å²) in [6, 6.07) is 7.94. The van der Waals surface area contributed by atoms with E-state index in [0.717, 1.165) is 23.4 Å². The molecule has 1 heterocycles. The van der Waals surface area contributed by atoms with Gasteiger partial charge in [-0.15, -0.1) is 0 Å². The number of para-hydroxylation sites is 1. The van der Waals surface area contributed by atoms with Crippen molar-refractivity contribution in [3.63, 3.8) is 0 Å². The fourth-order valence-electron chi connectivity index (χ4n) is 2.26. The van der Waals surface area contributed by atoms with E-state index in [4.69, 9.17) is 0 Å². The van der Waals surface area contributed by atoms with Gasteiger partial charge in [0.25, 0.3) is 0 Å². The molecule has 0 saturated heterocycles. The smallest absolute Gasteiger partial charge is 0.226 e. The molecule has 0 aliphatic carbocycles. The number of nitrogens with zero attached hydrogens (tertiary/aromatic N) is 2. The third kappa shape index (κ3) is 4.34. The molecule has 1 aromatic carbocycles. The molecular formula is C16H22N4O. The Morgan fingerprint density at radius 1 is 1.38 bits per heavy atom. The number of benzene rings is 1. The first-order valence-corrected chi connectivity index (χ1v) is 7.21.